The quantitative estimate of drug-likeness (QED) is 0.636. The van der Waals surface area contributed by atoms with E-state index in [1.807, 2.05) is 29.2 Å². The van der Waals surface area contributed by atoms with E-state index in [1.165, 1.54) is 0 Å². The molecule has 1 aliphatic rings. The lowest BCUT2D eigenvalue weighted by molar-refractivity contribution is 0.0696. The number of hydrogen-bond acceptors (Lipinski definition) is 5. The molecule has 0 radical (unpaired) electrons. The average molecular weight is 419 g/mol. The number of anilines is 1. The van der Waals surface area contributed by atoms with Crippen molar-refractivity contribution in [3.05, 3.63) is 65.0 Å². The highest BCUT2D eigenvalue weighted by molar-refractivity contribution is 6.30. The molecule has 0 aliphatic carbocycles. The molecule has 1 saturated heterocycles. The molecule has 3 aromatic rings. The van der Waals surface area contributed by atoms with Crippen LogP contribution in [0.15, 0.2) is 53.1 Å². The van der Waals surface area contributed by atoms with Gasteiger partial charge in [-0.15, -0.1) is 12.4 Å². The van der Waals surface area contributed by atoms with E-state index in [0.29, 0.717) is 41.1 Å². The second kappa shape index (κ2) is 8.63. The number of carbonyl (C=O) groups excluding carboxylic acids is 1. The zero-order valence-electron chi connectivity index (χ0n) is 15.0. The number of nitrogens with zero attached hydrogens (tertiary/aromatic N) is 3. The number of hydrogen-bond donors (Lipinski definition) is 1. The van der Waals surface area contributed by atoms with Gasteiger partial charge in [0.2, 0.25) is 11.7 Å². The number of carbonyl (C=O) groups is 1. The fraction of sp³-hybridized carbons (Fsp3) is 0.250. The zero-order chi connectivity index (χ0) is 18.8. The summed E-state index contributed by atoms with van der Waals surface area (Å²) in [4.78, 5) is 19.2. The van der Waals surface area contributed by atoms with E-state index in [4.69, 9.17) is 21.9 Å². The number of para-hydroxylation sites is 1. The molecule has 1 unspecified atom stereocenters. The highest BCUT2D eigenvalue weighted by Crippen LogP contribution is 2.29. The summed E-state index contributed by atoms with van der Waals surface area (Å²) in [6.45, 7) is 1.23. The molecule has 8 heteroatoms. The molecule has 2 aromatic carbocycles. The average Bonchev–Trinajstić information content (AvgIpc) is 3.19. The monoisotopic (exact) mass is 418 g/mol. The number of nitrogens with two attached hydrogens (primary N) is 1. The first-order valence-corrected chi connectivity index (χ1v) is 9.23. The van der Waals surface area contributed by atoms with Gasteiger partial charge in [0.15, 0.2) is 0 Å². The number of amides is 1. The molecular formula is C20H20Cl2N4O2. The van der Waals surface area contributed by atoms with Gasteiger partial charge in [-0.1, -0.05) is 28.9 Å². The first-order chi connectivity index (χ1) is 13.1. The van der Waals surface area contributed by atoms with Crippen LogP contribution in [0.3, 0.4) is 0 Å². The summed E-state index contributed by atoms with van der Waals surface area (Å²) < 4.78 is 5.49. The molecule has 2 N–H and O–H groups in total. The van der Waals surface area contributed by atoms with Crippen LogP contribution in [0.4, 0.5) is 5.69 Å². The second-order valence-corrected chi connectivity index (χ2v) is 7.08. The third kappa shape index (κ3) is 4.13. The number of benzene rings is 2. The lowest BCUT2D eigenvalue weighted by Gasteiger charge is -2.31. The van der Waals surface area contributed by atoms with Crippen molar-refractivity contribution in [2.24, 2.45) is 0 Å². The van der Waals surface area contributed by atoms with Crippen molar-refractivity contribution in [3.63, 3.8) is 0 Å². The van der Waals surface area contributed by atoms with E-state index in [9.17, 15) is 4.79 Å². The van der Waals surface area contributed by atoms with Crippen molar-refractivity contribution < 1.29 is 9.32 Å². The van der Waals surface area contributed by atoms with Crippen LogP contribution in [-0.4, -0.2) is 34.0 Å². The maximum Gasteiger partial charge on any atom is 0.255 e. The van der Waals surface area contributed by atoms with Gasteiger partial charge in [0.05, 0.1) is 11.5 Å². The van der Waals surface area contributed by atoms with Crippen LogP contribution in [-0.2, 0) is 0 Å². The smallest absolute Gasteiger partial charge is 0.255 e. The maximum absolute atomic E-state index is 12.8. The summed E-state index contributed by atoms with van der Waals surface area (Å²) in [6, 6.07) is 14.4. The highest BCUT2D eigenvalue weighted by atomic mass is 35.5. The van der Waals surface area contributed by atoms with Crippen molar-refractivity contribution in [1.29, 1.82) is 0 Å². The Morgan fingerprint density at radius 2 is 1.93 bits per heavy atom. The van der Waals surface area contributed by atoms with Crippen LogP contribution in [0.5, 0.6) is 0 Å². The van der Waals surface area contributed by atoms with Gasteiger partial charge in [0.1, 0.15) is 0 Å². The molecule has 6 nitrogen and oxygen atoms in total. The minimum absolute atomic E-state index is 0. The van der Waals surface area contributed by atoms with Gasteiger partial charge >= 0.3 is 0 Å². The molecule has 1 fully saturated rings. The molecular weight excluding hydrogens is 399 g/mol. The molecule has 4 rings (SSSR count). The van der Waals surface area contributed by atoms with Crippen LogP contribution >= 0.6 is 24.0 Å². The van der Waals surface area contributed by atoms with Crippen molar-refractivity contribution in [2.75, 3.05) is 18.8 Å². The molecule has 1 atom stereocenters. The number of likely N-dealkylation sites (tertiary alicyclic amines) is 1. The Morgan fingerprint density at radius 1 is 1.18 bits per heavy atom. The van der Waals surface area contributed by atoms with E-state index in [1.54, 1.807) is 24.3 Å². The molecule has 1 amide bonds. The minimum atomic E-state index is -0.0600. The Bertz CT molecular complexity index is 959. The molecule has 146 valence electrons. The van der Waals surface area contributed by atoms with Gasteiger partial charge in [-0.2, -0.15) is 4.98 Å². The van der Waals surface area contributed by atoms with Gasteiger partial charge in [-0.05, 0) is 49.2 Å². The summed E-state index contributed by atoms with van der Waals surface area (Å²) in [5, 5.41) is 4.74. The van der Waals surface area contributed by atoms with E-state index >= 15 is 0 Å². The van der Waals surface area contributed by atoms with Crippen molar-refractivity contribution in [2.45, 2.75) is 18.8 Å². The van der Waals surface area contributed by atoms with E-state index < -0.39 is 0 Å². The molecule has 1 aliphatic heterocycles. The first kappa shape index (κ1) is 20.2. The van der Waals surface area contributed by atoms with Gasteiger partial charge in [0, 0.05) is 29.4 Å². The highest BCUT2D eigenvalue weighted by Gasteiger charge is 2.29. The van der Waals surface area contributed by atoms with Gasteiger partial charge in [-0.3, -0.25) is 4.79 Å². The summed E-state index contributed by atoms with van der Waals surface area (Å²) >= 11 is 5.92. The van der Waals surface area contributed by atoms with Gasteiger partial charge in [0.25, 0.3) is 5.91 Å². The second-order valence-electron chi connectivity index (χ2n) is 6.64. The van der Waals surface area contributed by atoms with Crippen molar-refractivity contribution in [3.8, 4) is 11.4 Å². The van der Waals surface area contributed by atoms with Crippen LogP contribution in [0.2, 0.25) is 5.02 Å². The Balaban J connectivity index is 0.00000225. The molecule has 1 aromatic heterocycles. The SMILES string of the molecule is Cl.Nc1ccccc1C(=O)N1CCCC(c2nc(-c3ccc(Cl)cc3)no2)C1. The maximum atomic E-state index is 12.8. The molecule has 0 spiro atoms. The number of aromatic nitrogens is 2. The summed E-state index contributed by atoms with van der Waals surface area (Å²) in [6.07, 6.45) is 1.78. The summed E-state index contributed by atoms with van der Waals surface area (Å²) in [7, 11) is 0. The first-order valence-electron chi connectivity index (χ1n) is 8.85. The normalized spacial score (nSPS) is 16.5. The van der Waals surface area contributed by atoms with E-state index in [-0.39, 0.29) is 24.2 Å². The van der Waals surface area contributed by atoms with Crippen molar-refractivity contribution in [1.82, 2.24) is 15.0 Å². The lowest BCUT2D eigenvalue weighted by Crippen LogP contribution is -2.39. The number of piperidine rings is 1. The van der Waals surface area contributed by atoms with Crippen LogP contribution in [0.1, 0.15) is 35.0 Å². The Hall–Kier alpha value is -2.57. The zero-order valence-corrected chi connectivity index (χ0v) is 16.6. The fourth-order valence-electron chi connectivity index (χ4n) is 3.34. The molecule has 0 saturated carbocycles. The largest absolute Gasteiger partial charge is 0.398 e. The summed E-state index contributed by atoms with van der Waals surface area (Å²) in [5.74, 6) is 1.03. The van der Waals surface area contributed by atoms with Crippen LogP contribution in [0, 0.1) is 0 Å². The topological polar surface area (TPSA) is 85.3 Å². The predicted octanol–water partition coefficient (Wildman–Crippen LogP) is 4.41. The lowest BCUT2D eigenvalue weighted by atomic mass is 9.97. The van der Waals surface area contributed by atoms with Gasteiger partial charge in [-0.25, -0.2) is 0 Å². The number of nitrogen functional groups attached to an aromatic ring is 1. The third-order valence-corrected chi connectivity index (χ3v) is 5.05. The van der Waals surface area contributed by atoms with Crippen molar-refractivity contribution >= 4 is 35.6 Å². The molecule has 0 bridgehead atoms. The number of halogens is 2. The van der Waals surface area contributed by atoms with Crippen LogP contribution in [0.25, 0.3) is 11.4 Å². The Kier molecular flexibility index (Phi) is 6.21. The molecule has 2 heterocycles. The Morgan fingerprint density at radius 3 is 2.68 bits per heavy atom. The number of rotatable bonds is 3. The molecule has 28 heavy (non-hydrogen) atoms. The fourth-order valence-corrected chi connectivity index (χ4v) is 3.47. The van der Waals surface area contributed by atoms with Crippen LogP contribution < -0.4 is 5.73 Å². The van der Waals surface area contributed by atoms with E-state index in [2.05, 4.69) is 10.1 Å². The standard InChI is InChI=1S/C20H19ClN4O2.ClH/c21-15-9-7-13(8-10-15)18-23-19(27-24-18)14-4-3-11-25(12-14)20(26)16-5-1-2-6-17(16)22;/h1-2,5-10,14H,3-4,11-12,22H2;1H. The predicted molar refractivity (Wildman–Crippen MR) is 111 cm³/mol. The van der Waals surface area contributed by atoms with E-state index in [0.717, 1.165) is 18.4 Å². The Labute approximate surface area is 174 Å². The third-order valence-electron chi connectivity index (χ3n) is 4.79. The summed E-state index contributed by atoms with van der Waals surface area (Å²) in [5.41, 5.74) is 7.82. The minimum Gasteiger partial charge on any atom is -0.398 e. The van der Waals surface area contributed by atoms with Gasteiger partial charge < -0.3 is 15.2 Å².